The molecular formula is C17H26N5O6P. The van der Waals surface area contributed by atoms with Crippen molar-refractivity contribution in [3.63, 3.8) is 0 Å². The summed E-state index contributed by atoms with van der Waals surface area (Å²) in [5, 5.41) is 0. The molecule has 0 spiro atoms. The Morgan fingerprint density at radius 3 is 2.83 bits per heavy atom. The molecule has 2 aliphatic rings. The van der Waals surface area contributed by atoms with Crippen LogP contribution in [0.5, 0.6) is 0 Å². The third-order valence-electron chi connectivity index (χ3n) is 5.21. The first-order valence-electron chi connectivity index (χ1n) is 9.49. The van der Waals surface area contributed by atoms with Crippen molar-refractivity contribution in [1.29, 1.82) is 0 Å². The quantitative estimate of drug-likeness (QED) is 0.623. The number of ether oxygens (including phenoxy) is 3. The highest BCUT2D eigenvalue weighted by Crippen LogP contribution is 2.56. The number of nitrogens with two attached hydrogens (primary N) is 1. The second-order valence-corrected chi connectivity index (χ2v) is 10.3. The van der Waals surface area contributed by atoms with Crippen LogP contribution in [0.25, 0.3) is 11.2 Å². The van der Waals surface area contributed by atoms with Gasteiger partial charge in [-0.05, 0) is 13.8 Å². The Bertz CT molecular complexity index is 952. The van der Waals surface area contributed by atoms with Gasteiger partial charge in [-0.2, -0.15) is 0 Å². The zero-order valence-corrected chi connectivity index (χ0v) is 17.7. The van der Waals surface area contributed by atoms with Crippen LogP contribution >= 0.6 is 7.60 Å². The van der Waals surface area contributed by atoms with Gasteiger partial charge in [0, 0.05) is 0 Å². The molecule has 0 amide bonds. The third kappa shape index (κ3) is 3.45. The molecular weight excluding hydrogens is 401 g/mol. The number of nitrogens with zero attached hydrogens (tertiary/aromatic N) is 4. The normalized spacial score (nSPS) is 31.2. The maximum Gasteiger partial charge on any atom is 0.331 e. The molecule has 12 heteroatoms. The summed E-state index contributed by atoms with van der Waals surface area (Å²) in [4.78, 5) is 22.8. The lowest BCUT2D eigenvalue weighted by molar-refractivity contribution is -0.195. The van der Waals surface area contributed by atoms with Gasteiger partial charge in [0.25, 0.3) is 0 Å². The average Bonchev–Trinajstić information content (AvgIpc) is 3.30. The number of imidazole rings is 1. The fourth-order valence-corrected chi connectivity index (χ4v) is 4.40. The maximum atomic E-state index is 12.6. The molecule has 2 bridgehead atoms. The maximum absolute atomic E-state index is 12.6. The topological polar surface area (TPSA) is 144 Å². The summed E-state index contributed by atoms with van der Waals surface area (Å²) in [5.41, 5.74) is 5.21. The van der Waals surface area contributed by atoms with E-state index in [0.29, 0.717) is 11.2 Å². The molecule has 0 saturated carbocycles. The van der Waals surface area contributed by atoms with Crippen molar-refractivity contribution < 1.29 is 28.2 Å². The monoisotopic (exact) mass is 427 g/mol. The molecule has 0 aromatic carbocycles. The van der Waals surface area contributed by atoms with E-state index in [4.69, 9.17) is 24.5 Å². The van der Waals surface area contributed by atoms with E-state index in [0.717, 1.165) is 0 Å². The first-order chi connectivity index (χ1) is 13.6. The van der Waals surface area contributed by atoms with Gasteiger partial charge in [0.05, 0.1) is 31.3 Å². The van der Waals surface area contributed by atoms with Crippen LogP contribution in [0, 0.1) is 0 Å². The van der Waals surface area contributed by atoms with Crippen LogP contribution in [0.1, 0.15) is 33.9 Å². The molecule has 160 valence electrons. The Hall–Kier alpha value is -1.62. The summed E-state index contributed by atoms with van der Waals surface area (Å²) in [6.45, 7) is 7.42. The molecule has 11 nitrogen and oxygen atoms in total. The second kappa shape index (κ2) is 7.26. The van der Waals surface area contributed by atoms with E-state index in [1.165, 1.54) is 6.33 Å². The third-order valence-corrected chi connectivity index (χ3v) is 7.05. The van der Waals surface area contributed by atoms with Crippen molar-refractivity contribution in [2.45, 2.75) is 63.5 Å². The van der Waals surface area contributed by atoms with E-state index in [1.807, 2.05) is 13.8 Å². The van der Waals surface area contributed by atoms with Gasteiger partial charge in [0.1, 0.15) is 29.7 Å². The zero-order valence-electron chi connectivity index (χ0n) is 16.8. The van der Waals surface area contributed by atoms with Gasteiger partial charge in [0.2, 0.25) is 0 Å². The van der Waals surface area contributed by atoms with Crippen LogP contribution in [-0.2, 0) is 23.3 Å². The van der Waals surface area contributed by atoms with Gasteiger partial charge in [-0.15, -0.1) is 0 Å². The first-order valence-corrected chi connectivity index (χ1v) is 11.1. The Morgan fingerprint density at radius 1 is 1.38 bits per heavy atom. The van der Waals surface area contributed by atoms with Crippen molar-refractivity contribution in [2.24, 2.45) is 0 Å². The molecule has 2 saturated heterocycles. The molecule has 4 heterocycles. The van der Waals surface area contributed by atoms with Gasteiger partial charge in [-0.25, -0.2) is 15.0 Å². The minimum absolute atomic E-state index is 0.0561. The van der Waals surface area contributed by atoms with E-state index in [2.05, 4.69) is 15.0 Å². The van der Waals surface area contributed by atoms with Crippen LogP contribution < -0.4 is 5.73 Å². The van der Waals surface area contributed by atoms with Crippen LogP contribution in [0.3, 0.4) is 0 Å². The standard InChI is InChI=1S/C17H26N5O6P/c1-9(2)25-5-17-6-26-12(13(17)28-29(23,24)10(3)4)16(27-17)22-8-21-11-14(18)19-7-20-15(11)22/h7-10,12-13,16H,5-6H2,1-4H3,(H,23,24)(H2,18,19,20)/t12?,13-,16-,17+/m1/s1. The Balaban J connectivity index is 1.71. The lowest BCUT2D eigenvalue weighted by Crippen LogP contribution is -2.46. The van der Waals surface area contributed by atoms with Crippen molar-refractivity contribution in [3.8, 4) is 0 Å². The first kappa shape index (κ1) is 20.6. The van der Waals surface area contributed by atoms with E-state index < -0.39 is 37.3 Å². The molecule has 5 atom stereocenters. The van der Waals surface area contributed by atoms with Gasteiger partial charge in [-0.3, -0.25) is 13.7 Å². The zero-order chi connectivity index (χ0) is 21.0. The summed E-state index contributed by atoms with van der Waals surface area (Å²) in [7, 11) is -3.88. The number of fused-ring (bicyclic) bond motifs is 3. The Kier molecular flexibility index (Phi) is 5.17. The van der Waals surface area contributed by atoms with Crippen LogP contribution in [0.4, 0.5) is 5.82 Å². The smallest absolute Gasteiger partial charge is 0.331 e. The Labute approximate surface area is 168 Å². The molecule has 2 unspecified atom stereocenters. The van der Waals surface area contributed by atoms with Crippen LogP contribution in [0.15, 0.2) is 12.7 Å². The highest BCUT2D eigenvalue weighted by Gasteiger charge is 2.65. The lowest BCUT2D eigenvalue weighted by Gasteiger charge is -2.32. The molecule has 2 fully saturated rings. The number of rotatable bonds is 7. The molecule has 4 rings (SSSR count). The average molecular weight is 427 g/mol. The number of aromatic nitrogens is 4. The largest absolute Gasteiger partial charge is 0.382 e. The fraction of sp³-hybridized carbons (Fsp3) is 0.706. The summed E-state index contributed by atoms with van der Waals surface area (Å²) < 4.78 is 38.2. The SMILES string of the molecule is CC(C)OC[C@@]12COC([C@H](n3cnc4c(N)ncnc43)O1)[C@H]2OP(=O)(O)C(C)C. The number of hydrogen-bond donors (Lipinski definition) is 2. The summed E-state index contributed by atoms with van der Waals surface area (Å²) >= 11 is 0. The van der Waals surface area contributed by atoms with Crippen molar-refractivity contribution >= 4 is 24.6 Å². The van der Waals surface area contributed by atoms with Gasteiger partial charge < -0.3 is 24.8 Å². The fourth-order valence-electron chi connectivity index (χ4n) is 3.52. The predicted octanol–water partition coefficient (Wildman–Crippen LogP) is 1.48. The summed E-state index contributed by atoms with van der Waals surface area (Å²) in [5.74, 6) is 0.253. The number of anilines is 1. The van der Waals surface area contributed by atoms with Gasteiger partial charge >= 0.3 is 7.60 Å². The second-order valence-electron chi connectivity index (χ2n) is 7.98. The minimum Gasteiger partial charge on any atom is -0.382 e. The lowest BCUT2D eigenvalue weighted by atomic mass is 10.0. The highest BCUT2D eigenvalue weighted by molar-refractivity contribution is 7.53. The molecule has 0 aliphatic carbocycles. The number of hydrogen-bond acceptors (Lipinski definition) is 9. The molecule has 29 heavy (non-hydrogen) atoms. The predicted molar refractivity (Wildman–Crippen MR) is 103 cm³/mol. The van der Waals surface area contributed by atoms with Crippen LogP contribution in [0.2, 0.25) is 0 Å². The van der Waals surface area contributed by atoms with E-state index in [1.54, 1.807) is 24.7 Å². The Morgan fingerprint density at radius 2 is 2.14 bits per heavy atom. The van der Waals surface area contributed by atoms with Crippen molar-refractivity contribution in [1.82, 2.24) is 19.5 Å². The van der Waals surface area contributed by atoms with Crippen molar-refractivity contribution in [2.75, 3.05) is 18.9 Å². The van der Waals surface area contributed by atoms with E-state index in [-0.39, 0.29) is 25.1 Å². The molecule has 2 aromatic heterocycles. The molecule has 3 N–H and O–H groups in total. The molecule has 0 radical (unpaired) electrons. The number of nitrogen functional groups attached to an aromatic ring is 1. The van der Waals surface area contributed by atoms with Crippen LogP contribution in [-0.4, -0.2) is 67.2 Å². The highest BCUT2D eigenvalue weighted by atomic mass is 31.2. The minimum atomic E-state index is -3.88. The summed E-state index contributed by atoms with van der Waals surface area (Å²) in [6.07, 6.45) is 0.727. The van der Waals surface area contributed by atoms with Gasteiger partial charge in [-0.1, -0.05) is 13.8 Å². The molecule has 2 aliphatic heterocycles. The van der Waals surface area contributed by atoms with Crippen molar-refractivity contribution in [3.05, 3.63) is 12.7 Å². The summed E-state index contributed by atoms with van der Waals surface area (Å²) in [6, 6.07) is 0. The van der Waals surface area contributed by atoms with E-state index >= 15 is 0 Å². The van der Waals surface area contributed by atoms with E-state index in [9.17, 15) is 9.46 Å². The molecule has 2 aromatic rings. The van der Waals surface area contributed by atoms with Gasteiger partial charge in [0.15, 0.2) is 17.7 Å².